The smallest absolute Gasteiger partial charge is 0.279 e. The van der Waals surface area contributed by atoms with Crippen molar-refractivity contribution in [3.05, 3.63) is 54.1 Å². The predicted octanol–water partition coefficient (Wildman–Crippen LogP) is 1.10. The van der Waals surface area contributed by atoms with Gasteiger partial charge in [0, 0.05) is 11.4 Å². The number of hydrogen-bond donors (Lipinski definition) is 3. The number of para-hydroxylation sites is 1. The molecule has 0 aliphatic carbocycles. The minimum Gasteiger partial charge on any atom is -0.497 e. The molecule has 0 fully saturated rings. The molecule has 2 aromatic rings. The fourth-order valence-corrected chi connectivity index (χ4v) is 2.40. The predicted molar refractivity (Wildman–Crippen MR) is 98.1 cm³/mol. The lowest BCUT2D eigenvalue weighted by atomic mass is 10.2. The molecule has 1 atom stereocenters. The number of likely N-dealkylation sites (N-methyl/N-ethyl adjacent to an activating group) is 1. The average Bonchev–Trinajstić information content (AvgIpc) is 2.57. The monoisotopic (exact) mass is 342 g/mol. The van der Waals surface area contributed by atoms with Crippen molar-refractivity contribution in [2.45, 2.75) is 6.92 Å². The van der Waals surface area contributed by atoms with Gasteiger partial charge in [-0.15, -0.1) is 0 Å². The Labute approximate surface area is 147 Å². The summed E-state index contributed by atoms with van der Waals surface area (Å²) in [4.78, 5) is 25.0. The highest BCUT2D eigenvalue weighted by molar-refractivity contribution is 5.93. The number of amides is 2. The number of hydrogen-bond acceptors (Lipinski definition) is 3. The third-order valence-corrected chi connectivity index (χ3v) is 3.72. The van der Waals surface area contributed by atoms with E-state index in [1.54, 1.807) is 31.4 Å². The van der Waals surface area contributed by atoms with Crippen LogP contribution in [-0.2, 0) is 9.59 Å². The molecule has 0 saturated carbocycles. The van der Waals surface area contributed by atoms with E-state index in [0.717, 1.165) is 21.9 Å². The van der Waals surface area contributed by atoms with Crippen molar-refractivity contribution in [3.63, 3.8) is 0 Å². The Kier molecular flexibility index (Phi) is 6.54. The van der Waals surface area contributed by atoms with Gasteiger partial charge in [-0.1, -0.05) is 18.2 Å². The first kappa shape index (κ1) is 18.5. The summed E-state index contributed by atoms with van der Waals surface area (Å²) in [6.45, 7) is 2.35. The van der Waals surface area contributed by atoms with Crippen molar-refractivity contribution in [1.29, 1.82) is 0 Å². The van der Waals surface area contributed by atoms with Crippen LogP contribution in [0.1, 0.15) is 5.56 Å². The van der Waals surface area contributed by atoms with Crippen LogP contribution in [-0.4, -0.2) is 39.1 Å². The second kappa shape index (κ2) is 8.84. The van der Waals surface area contributed by atoms with Crippen LogP contribution >= 0.6 is 0 Å². The summed E-state index contributed by atoms with van der Waals surface area (Å²) in [6.07, 6.45) is 0. The van der Waals surface area contributed by atoms with E-state index < -0.39 is 0 Å². The maximum Gasteiger partial charge on any atom is 0.279 e. The van der Waals surface area contributed by atoms with Crippen molar-refractivity contribution in [1.82, 2.24) is 0 Å². The molecule has 0 bridgehead atoms. The SMILES string of the molecule is COc1ccc(NC(=O)C[NH+](C)CC(=O)Nc2ccccc2C)cc1. The zero-order chi connectivity index (χ0) is 18.2. The fourth-order valence-electron chi connectivity index (χ4n) is 2.40. The molecule has 6 nitrogen and oxygen atoms in total. The van der Waals surface area contributed by atoms with Crippen LogP contribution in [0.5, 0.6) is 5.75 Å². The second-order valence-corrected chi connectivity index (χ2v) is 5.95. The Hall–Kier alpha value is -2.86. The molecule has 0 aromatic heterocycles. The number of ether oxygens (including phenoxy) is 1. The average molecular weight is 342 g/mol. The van der Waals surface area contributed by atoms with Gasteiger partial charge in [-0.25, -0.2) is 0 Å². The molecule has 6 heteroatoms. The Bertz CT molecular complexity index is 729. The van der Waals surface area contributed by atoms with E-state index in [2.05, 4.69) is 10.6 Å². The molecule has 132 valence electrons. The fraction of sp³-hybridized carbons (Fsp3) is 0.263. The van der Waals surface area contributed by atoms with E-state index in [1.807, 2.05) is 38.2 Å². The van der Waals surface area contributed by atoms with E-state index in [0.29, 0.717) is 5.69 Å². The van der Waals surface area contributed by atoms with Gasteiger partial charge in [-0.05, 0) is 42.8 Å². The Morgan fingerprint density at radius 2 is 1.56 bits per heavy atom. The van der Waals surface area contributed by atoms with Gasteiger partial charge in [-0.3, -0.25) is 9.59 Å². The summed E-state index contributed by atoms with van der Waals surface area (Å²) in [6, 6.07) is 14.7. The molecule has 0 radical (unpaired) electrons. The highest BCUT2D eigenvalue weighted by Crippen LogP contribution is 2.14. The summed E-state index contributed by atoms with van der Waals surface area (Å²) >= 11 is 0. The van der Waals surface area contributed by atoms with Crippen LogP contribution in [0, 0.1) is 6.92 Å². The zero-order valence-electron chi connectivity index (χ0n) is 14.8. The molecule has 25 heavy (non-hydrogen) atoms. The minimum absolute atomic E-state index is 0.121. The molecule has 2 amide bonds. The van der Waals surface area contributed by atoms with Gasteiger partial charge in [0.15, 0.2) is 13.1 Å². The van der Waals surface area contributed by atoms with Crippen molar-refractivity contribution in [2.75, 3.05) is 37.9 Å². The summed E-state index contributed by atoms with van der Waals surface area (Å²) < 4.78 is 5.08. The second-order valence-electron chi connectivity index (χ2n) is 5.95. The van der Waals surface area contributed by atoms with E-state index in [1.165, 1.54) is 0 Å². The number of anilines is 2. The van der Waals surface area contributed by atoms with E-state index in [-0.39, 0.29) is 24.9 Å². The molecule has 0 spiro atoms. The van der Waals surface area contributed by atoms with Gasteiger partial charge in [0.05, 0.1) is 14.2 Å². The zero-order valence-corrected chi connectivity index (χ0v) is 14.8. The lowest BCUT2D eigenvalue weighted by molar-refractivity contribution is -0.862. The molecular formula is C19H24N3O3+. The number of quaternary nitrogens is 1. The number of carbonyl (C=O) groups is 2. The maximum absolute atomic E-state index is 12.1. The number of benzene rings is 2. The van der Waals surface area contributed by atoms with Crippen LogP contribution in [0.4, 0.5) is 11.4 Å². The molecule has 0 heterocycles. The van der Waals surface area contributed by atoms with Crippen LogP contribution in [0.25, 0.3) is 0 Å². The summed E-state index contributed by atoms with van der Waals surface area (Å²) in [7, 11) is 3.40. The maximum atomic E-state index is 12.1. The van der Waals surface area contributed by atoms with Gasteiger partial charge >= 0.3 is 0 Å². The van der Waals surface area contributed by atoms with Gasteiger partial charge < -0.3 is 20.3 Å². The van der Waals surface area contributed by atoms with Gasteiger partial charge in [-0.2, -0.15) is 0 Å². The molecular weight excluding hydrogens is 318 g/mol. The third-order valence-electron chi connectivity index (χ3n) is 3.72. The third kappa shape index (κ3) is 5.93. The summed E-state index contributed by atoms with van der Waals surface area (Å²) in [5.41, 5.74) is 2.50. The van der Waals surface area contributed by atoms with E-state index >= 15 is 0 Å². The highest BCUT2D eigenvalue weighted by atomic mass is 16.5. The van der Waals surface area contributed by atoms with Crippen molar-refractivity contribution in [3.8, 4) is 5.75 Å². The molecule has 0 aliphatic rings. The number of aryl methyl sites for hydroxylation is 1. The Morgan fingerprint density at radius 3 is 2.16 bits per heavy atom. The first-order chi connectivity index (χ1) is 12.0. The first-order valence-corrected chi connectivity index (χ1v) is 8.08. The van der Waals surface area contributed by atoms with Crippen LogP contribution < -0.4 is 20.3 Å². The van der Waals surface area contributed by atoms with Gasteiger partial charge in [0.1, 0.15) is 5.75 Å². The Morgan fingerprint density at radius 1 is 0.960 bits per heavy atom. The Balaban J connectivity index is 1.80. The summed E-state index contributed by atoms with van der Waals surface area (Å²) in [5, 5.41) is 5.68. The van der Waals surface area contributed by atoms with Crippen molar-refractivity contribution in [2.24, 2.45) is 0 Å². The number of methoxy groups -OCH3 is 1. The van der Waals surface area contributed by atoms with Gasteiger partial charge in [0.25, 0.3) is 11.8 Å². The van der Waals surface area contributed by atoms with Crippen LogP contribution in [0.3, 0.4) is 0 Å². The molecule has 2 rings (SSSR count). The molecule has 0 saturated heterocycles. The minimum atomic E-state index is -0.147. The van der Waals surface area contributed by atoms with Crippen LogP contribution in [0.15, 0.2) is 48.5 Å². The summed E-state index contributed by atoms with van der Waals surface area (Å²) in [5.74, 6) is 0.462. The lowest BCUT2D eigenvalue weighted by Crippen LogP contribution is -3.11. The molecule has 0 aliphatic heterocycles. The topological polar surface area (TPSA) is 71.9 Å². The first-order valence-electron chi connectivity index (χ1n) is 8.08. The number of nitrogens with one attached hydrogen (secondary N) is 3. The molecule has 2 aromatic carbocycles. The van der Waals surface area contributed by atoms with Crippen molar-refractivity contribution >= 4 is 23.2 Å². The van der Waals surface area contributed by atoms with E-state index in [9.17, 15) is 9.59 Å². The largest absolute Gasteiger partial charge is 0.497 e. The van der Waals surface area contributed by atoms with E-state index in [4.69, 9.17) is 4.74 Å². The molecule has 1 unspecified atom stereocenters. The van der Waals surface area contributed by atoms with Crippen LogP contribution in [0.2, 0.25) is 0 Å². The lowest BCUT2D eigenvalue weighted by Gasteiger charge is -2.14. The molecule has 3 N–H and O–H groups in total. The standard InChI is InChI=1S/C19H23N3O3/c1-14-6-4-5-7-17(14)21-19(24)13-22(2)12-18(23)20-15-8-10-16(25-3)11-9-15/h4-11H,12-13H2,1-3H3,(H,20,23)(H,21,24)/p+1. The van der Waals surface area contributed by atoms with Gasteiger partial charge in [0.2, 0.25) is 0 Å². The normalized spacial score (nSPS) is 11.5. The number of rotatable bonds is 7. The quantitative estimate of drug-likeness (QED) is 0.705. The number of carbonyl (C=O) groups excluding carboxylic acids is 2. The highest BCUT2D eigenvalue weighted by Gasteiger charge is 2.15. The van der Waals surface area contributed by atoms with Crippen molar-refractivity contribution < 1.29 is 19.2 Å².